The van der Waals surface area contributed by atoms with E-state index in [0.717, 1.165) is 16.9 Å². The highest BCUT2D eigenvalue weighted by Gasteiger charge is 2.63. The summed E-state index contributed by atoms with van der Waals surface area (Å²) in [4.78, 5) is 22.6. The van der Waals surface area contributed by atoms with Gasteiger partial charge in [-0.2, -0.15) is 13.2 Å². The quantitative estimate of drug-likeness (QED) is 0.484. The Morgan fingerprint density at radius 1 is 1.36 bits per heavy atom. The predicted molar refractivity (Wildman–Crippen MR) is 73.3 cm³/mol. The number of benzene rings is 1. The number of amides is 1. The Kier molecular flexibility index (Phi) is 3.43. The number of carbonyl (C=O) groups is 1. The van der Waals surface area contributed by atoms with Crippen LogP contribution in [0.15, 0.2) is 29.4 Å². The molecule has 0 aromatic heterocycles. The lowest BCUT2D eigenvalue weighted by Gasteiger charge is -2.22. The van der Waals surface area contributed by atoms with Crippen molar-refractivity contribution >= 4 is 17.5 Å². The molecule has 3 rings (SSSR count). The second kappa shape index (κ2) is 4.94. The maximum absolute atomic E-state index is 12.5. The molecule has 1 heterocycles. The van der Waals surface area contributed by atoms with Crippen LogP contribution >= 0.6 is 11.6 Å². The second-order valence-corrected chi connectivity index (χ2v) is 6.22. The van der Waals surface area contributed by atoms with Gasteiger partial charge in [0.05, 0.1) is 0 Å². The predicted octanol–water partition coefficient (Wildman–Crippen LogP) is 3.35. The van der Waals surface area contributed by atoms with Crippen molar-refractivity contribution in [2.24, 2.45) is 11.1 Å². The molecule has 0 radical (unpaired) electrons. The number of hydrogen-bond donors (Lipinski definition) is 0. The van der Waals surface area contributed by atoms with Gasteiger partial charge < -0.3 is 4.90 Å². The van der Waals surface area contributed by atoms with Crippen LogP contribution in [0.2, 0.25) is 0 Å². The van der Waals surface area contributed by atoms with Gasteiger partial charge in [0.15, 0.2) is 5.50 Å². The molecule has 1 aliphatic heterocycles. The molecule has 3 atom stereocenters. The summed E-state index contributed by atoms with van der Waals surface area (Å²) >= 11 is 5.71. The average Bonchev–Trinajstić information content (AvgIpc) is 3.07. The second-order valence-electron chi connectivity index (χ2n) is 5.80. The number of piperidine rings is 1. The summed E-state index contributed by atoms with van der Waals surface area (Å²) in [6.07, 6.45) is -4.06. The van der Waals surface area contributed by atoms with Crippen LogP contribution in [0.1, 0.15) is 23.0 Å². The first-order valence-corrected chi connectivity index (χ1v) is 7.14. The summed E-state index contributed by atoms with van der Waals surface area (Å²) in [6.45, 7) is 0.208. The lowest BCUT2D eigenvalue weighted by molar-refractivity contribution is -0.184. The third-order valence-corrected chi connectivity index (χ3v) is 4.86. The smallest absolute Gasteiger partial charge is 0.334 e. The highest BCUT2D eigenvalue weighted by molar-refractivity contribution is 6.20. The van der Waals surface area contributed by atoms with Crippen LogP contribution in [0.4, 0.5) is 13.2 Å². The van der Waals surface area contributed by atoms with E-state index in [4.69, 9.17) is 11.6 Å². The van der Waals surface area contributed by atoms with Gasteiger partial charge in [-0.1, -0.05) is 35.9 Å². The van der Waals surface area contributed by atoms with Gasteiger partial charge in [-0.25, -0.2) is 0 Å². The highest BCUT2D eigenvalue weighted by atomic mass is 35.5. The molecule has 2 fully saturated rings. The molecular weight excluding hydrogens is 321 g/mol. The number of likely N-dealkylation sites (tertiary alicyclic amines) is 1. The molecule has 1 aromatic carbocycles. The van der Waals surface area contributed by atoms with Gasteiger partial charge in [-0.3, -0.25) is 4.79 Å². The Bertz CT molecular complexity index is 620. The van der Waals surface area contributed by atoms with Crippen LogP contribution in [0.3, 0.4) is 0 Å². The number of nitroso groups, excluding NO2 is 1. The van der Waals surface area contributed by atoms with E-state index in [1.54, 1.807) is 24.3 Å². The van der Waals surface area contributed by atoms with E-state index in [-0.39, 0.29) is 19.0 Å². The molecule has 22 heavy (non-hydrogen) atoms. The van der Waals surface area contributed by atoms with Crippen LogP contribution in [0.25, 0.3) is 0 Å². The van der Waals surface area contributed by atoms with Crippen LogP contribution in [0, 0.1) is 10.8 Å². The fourth-order valence-corrected chi connectivity index (χ4v) is 3.44. The van der Waals surface area contributed by atoms with E-state index in [2.05, 4.69) is 5.18 Å². The van der Waals surface area contributed by atoms with Crippen molar-refractivity contribution in [1.29, 1.82) is 0 Å². The summed E-state index contributed by atoms with van der Waals surface area (Å²) in [5.41, 5.74) is 0.0349. The minimum atomic E-state index is -4.83. The highest BCUT2D eigenvalue weighted by Crippen LogP contribution is 2.59. The third-order valence-electron chi connectivity index (χ3n) is 4.53. The number of hydrogen-bond acceptors (Lipinski definition) is 3. The van der Waals surface area contributed by atoms with E-state index in [9.17, 15) is 22.9 Å². The number of carbonyl (C=O) groups excluding carboxylic acids is 1. The first kappa shape index (κ1) is 15.3. The molecule has 118 valence electrons. The monoisotopic (exact) mass is 332 g/mol. The van der Waals surface area contributed by atoms with Gasteiger partial charge in [0.25, 0.3) is 0 Å². The van der Waals surface area contributed by atoms with Crippen LogP contribution in [-0.2, 0) is 10.2 Å². The topological polar surface area (TPSA) is 49.7 Å². The van der Waals surface area contributed by atoms with Gasteiger partial charge in [0.2, 0.25) is 0 Å². The zero-order valence-corrected chi connectivity index (χ0v) is 12.1. The standard InChI is InChI=1S/C14H12ClF3N2O2/c15-11(19-22)8-1-3-9(4-2-8)13-5-10(13)6-20(7-13)12(21)14(16,17)18/h1-4,10-11H,5-7H2/t10-,11?,13?/m1/s1. The lowest BCUT2D eigenvalue weighted by atomic mass is 9.94. The number of fused-ring (bicyclic) bond motifs is 1. The van der Waals surface area contributed by atoms with Gasteiger partial charge >= 0.3 is 12.1 Å². The van der Waals surface area contributed by atoms with E-state index in [1.165, 1.54) is 0 Å². The average molecular weight is 333 g/mol. The normalized spacial score (nSPS) is 28.2. The van der Waals surface area contributed by atoms with Gasteiger partial charge in [0, 0.05) is 18.5 Å². The molecule has 2 unspecified atom stereocenters. The fraction of sp³-hybridized carbons (Fsp3) is 0.500. The Labute approximate surface area is 129 Å². The summed E-state index contributed by atoms with van der Waals surface area (Å²) < 4.78 is 37.5. The first-order chi connectivity index (χ1) is 10.3. The Morgan fingerprint density at radius 2 is 2.00 bits per heavy atom. The van der Waals surface area contributed by atoms with Crippen molar-refractivity contribution in [2.75, 3.05) is 13.1 Å². The Hall–Kier alpha value is -1.63. The molecule has 1 aromatic rings. The minimum absolute atomic E-state index is 0.0562. The van der Waals surface area contributed by atoms with Crippen molar-refractivity contribution in [1.82, 2.24) is 4.90 Å². The van der Waals surface area contributed by atoms with E-state index < -0.39 is 23.0 Å². The molecule has 1 saturated carbocycles. The fourth-order valence-electron chi connectivity index (χ4n) is 3.30. The zero-order valence-electron chi connectivity index (χ0n) is 11.3. The van der Waals surface area contributed by atoms with E-state index in [0.29, 0.717) is 5.56 Å². The molecule has 4 nitrogen and oxygen atoms in total. The van der Waals surface area contributed by atoms with Crippen molar-refractivity contribution in [3.63, 3.8) is 0 Å². The summed E-state index contributed by atoms with van der Waals surface area (Å²) in [6, 6.07) is 6.79. The molecule has 0 bridgehead atoms. The van der Waals surface area contributed by atoms with Crippen molar-refractivity contribution in [3.8, 4) is 0 Å². The van der Waals surface area contributed by atoms with Crippen molar-refractivity contribution in [3.05, 3.63) is 40.3 Å². The summed E-state index contributed by atoms with van der Waals surface area (Å²) in [5, 5.41) is 2.71. The maximum atomic E-state index is 12.5. The first-order valence-electron chi connectivity index (χ1n) is 6.71. The molecule has 8 heteroatoms. The van der Waals surface area contributed by atoms with Crippen LogP contribution in [0.5, 0.6) is 0 Å². The number of halogens is 4. The SMILES string of the molecule is O=NC(Cl)c1ccc(C23C[C@@H]2CN(C(=O)C(F)(F)F)C3)cc1. The molecule has 1 aliphatic carbocycles. The molecular formula is C14H12ClF3N2O2. The number of nitrogens with zero attached hydrogens (tertiary/aromatic N) is 2. The largest absolute Gasteiger partial charge is 0.471 e. The van der Waals surface area contributed by atoms with E-state index in [1.807, 2.05) is 0 Å². The van der Waals surface area contributed by atoms with Gasteiger partial charge in [-0.05, 0) is 28.6 Å². The summed E-state index contributed by atoms with van der Waals surface area (Å²) in [5.74, 6) is -1.72. The van der Waals surface area contributed by atoms with Crippen molar-refractivity contribution < 1.29 is 18.0 Å². The number of alkyl halides is 4. The maximum Gasteiger partial charge on any atom is 0.471 e. The molecule has 0 N–H and O–H groups in total. The minimum Gasteiger partial charge on any atom is -0.334 e. The Morgan fingerprint density at radius 3 is 2.55 bits per heavy atom. The zero-order chi connectivity index (χ0) is 16.1. The summed E-state index contributed by atoms with van der Waals surface area (Å²) in [7, 11) is 0. The number of rotatable bonds is 3. The van der Waals surface area contributed by atoms with Crippen LogP contribution in [-0.4, -0.2) is 30.1 Å². The molecule has 1 amide bonds. The Balaban J connectivity index is 1.77. The van der Waals surface area contributed by atoms with Gasteiger partial charge in [-0.15, -0.1) is 4.91 Å². The third kappa shape index (κ3) is 2.37. The van der Waals surface area contributed by atoms with Gasteiger partial charge in [0.1, 0.15) is 0 Å². The van der Waals surface area contributed by atoms with E-state index >= 15 is 0 Å². The lowest BCUT2D eigenvalue weighted by Crippen LogP contribution is -2.41. The van der Waals surface area contributed by atoms with Crippen LogP contribution < -0.4 is 0 Å². The molecule has 1 saturated heterocycles. The molecule has 2 aliphatic rings. The molecule has 0 spiro atoms. The van der Waals surface area contributed by atoms with Crippen molar-refractivity contribution in [2.45, 2.75) is 23.5 Å².